The number of aromatic nitrogens is 3. The lowest BCUT2D eigenvalue weighted by atomic mass is 9.97. The highest BCUT2D eigenvalue weighted by Gasteiger charge is 2.28. The highest BCUT2D eigenvalue weighted by Crippen LogP contribution is 2.29. The number of hydrogen-bond donors (Lipinski definition) is 2. The quantitative estimate of drug-likeness (QED) is 0.618. The highest BCUT2D eigenvalue weighted by molar-refractivity contribution is 6.35. The van der Waals surface area contributed by atoms with Gasteiger partial charge in [0.1, 0.15) is 11.3 Å². The number of rotatable bonds is 4. The molecule has 10 heteroatoms. The Kier molecular flexibility index (Phi) is 6.23. The van der Waals surface area contributed by atoms with Crippen LogP contribution in [0.4, 0.5) is 4.39 Å². The first kappa shape index (κ1) is 22.3. The third-order valence-corrected chi connectivity index (χ3v) is 6.24. The van der Waals surface area contributed by atoms with E-state index in [2.05, 4.69) is 15.6 Å². The molecule has 2 N–H and O–H groups in total. The van der Waals surface area contributed by atoms with Crippen molar-refractivity contribution in [3.63, 3.8) is 0 Å². The summed E-state index contributed by atoms with van der Waals surface area (Å²) in [5.41, 5.74) is 1.86. The van der Waals surface area contributed by atoms with Gasteiger partial charge >= 0.3 is 0 Å². The van der Waals surface area contributed by atoms with Crippen molar-refractivity contribution in [3.8, 4) is 0 Å². The second-order valence-electron chi connectivity index (χ2n) is 7.78. The first-order chi connectivity index (χ1) is 15.3. The predicted molar refractivity (Wildman–Crippen MR) is 117 cm³/mol. The first-order valence-electron chi connectivity index (χ1n) is 10.1. The number of halogens is 2. The second kappa shape index (κ2) is 8.93. The minimum atomic E-state index is -0.865. The molecule has 1 fully saturated rings. The number of carbonyl (C=O) groups excluding carboxylic acids is 1. The summed E-state index contributed by atoms with van der Waals surface area (Å²) in [7, 11) is 1.44. The fraction of sp³-hybridized carbons (Fsp3) is 0.364. The van der Waals surface area contributed by atoms with Crippen molar-refractivity contribution >= 4 is 28.4 Å². The number of amides is 1. The van der Waals surface area contributed by atoms with E-state index in [-0.39, 0.29) is 23.1 Å². The third-order valence-electron chi connectivity index (χ3n) is 5.78. The Morgan fingerprint density at radius 3 is 2.88 bits per heavy atom. The molecule has 0 aliphatic carbocycles. The molecule has 0 spiro atoms. The summed E-state index contributed by atoms with van der Waals surface area (Å²) in [6.07, 6.45) is -0.130. The Bertz CT molecular complexity index is 1260. The summed E-state index contributed by atoms with van der Waals surface area (Å²) >= 11 is 6.51. The van der Waals surface area contributed by atoms with E-state index in [1.165, 1.54) is 23.9 Å². The van der Waals surface area contributed by atoms with Crippen LogP contribution in [0.15, 0.2) is 29.1 Å². The summed E-state index contributed by atoms with van der Waals surface area (Å²) in [6, 6.07) is 5.52. The van der Waals surface area contributed by atoms with Gasteiger partial charge in [-0.1, -0.05) is 22.9 Å². The molecule has 1 aromatic heterocycles. The van der Waals surface area contributed by atoms with E-state index in [0.29, 0.717) is 35.6 Å². The van der Waals surface area contributed by atoms with Crippen LogP contribution in [-0.4, -0.2) is 52.4 Å². The number of nitrogens with one attached hydrogen (secondary N) is 1. The van der Waals surface area contributed by atoms with Crippen LogP contribution in [0.25, 0.3) is 10.9 Å². The van der Waals surface area contributed by atoms with Gasteiger partial charge in [0.25, 0.3) is 11.5 Å². The molecule has 3 aromatic rings. The molecule has 4 rings (SSSR count). The molecular weight excluding hydrogens is 439 g/mol. The van der Waals surface area contributed by atoms with Crippen LogP contribution in [0.1, 0.15) is 39.5 Å². The van der Waals surface area contributed by atoms with Gasteiger partial charge in [-0.25, -0.2) is 9.07 Å². The molecule has 2 aromatic carbocycles. The molecule has 1 aliphatic rings. The maximum absolute atomic E-state index is 14.4. The molecule has 0 radical (unpaired) electrons. The number of aliphatic hydroxyl groups excluding tert-OH is 1. The number of ether oxygens (including phenoxy) is 1. The molecule has 1 aliphatic heterocycles. The molecular formula is C22H22ClFN4O4. The SMILES string of the molecule is CNC(=O)c1ccc(Cc2cc3c(=O)n([C@H]4CCOC[C@@H]4O)nnc3c(Cl)c2C)cc1F. The minimum absolute atomic E-state index is 0.0438. The van der Waals surface area contributed by atoms with Crippen molar-refractivity contribution in [1.29, 1.82) is 0 Å². The van der Waals surface area contributed by atoms with Gasteiger partial charge < -0.3 is 15.2 Å². The van der Waals surface area contributed by atoms with Gasteiger partial charge in [0.05, 0.1) is 34.7 Å². The summed E-state index contributed by atoms with van der Waals surface area (Å²) in [5, 5.41) is 21.3. The van der Waals surface area contributed by atoms with Crippen LogP contribution in [0.5, 0.6) is 0 Å². The molecule has 0 saturated carbocycles. The number of aliphatic hydroxyl groups is 1. The molecule has 2 atom stereocenters. The smallest absolute Gasteiger partial charge is 0.278 e. The minimum Gasteiger partial charge on any atom is -0.388 e. The standard InChI is InChI=1S/C22H22ClFN4O4/c1-11-13(7-12-3-4-14(16(24)8-12)21(30)25-2)9-15-20(19(11)23)26-27-28(22(15)31)17-5-6-32-10-18(17)29/h3-4,8-9,17-18,29H,5-7,10H2,1-2H3,(H,25,30)/t17-,18-/m0/s1. The normalized spacial score (nSPS) is 18.7. The zero-order valence-electron chi connectivity index (χ0n) is 17.6. The molecule has 168 valence electrons. The van der Waals surface area contributed by atoms with Gasteiger partial charge in [-0.3, -0.25) is 9.59 Å². The Hall–Kier alpha value is -2.88. The van der Waals surface area contributed by atoms with Gasteiger partial charge in [-0.05, 0) is 54.7 Å². The lowest BCUT2D eigenvalue weighted by molar-refractivity contribution is -0.0434. The zero-order valence-corrected chi connectivity index (χ0v) is 18.3. The van der Waals surface area contributed by atoms with E-state index in [1.54, 1.807) is 19.1 Å². The van der Waals surface area contributed by atoms with E-state index < -0.39 is 29.4 Å². The van der Waals surface area contributed by atoms with Gasteiger partial charge in [0, 0.05) is 13.7 Å². The monoisotopic (exact) mass is 460 g/mol. The van der Waals surface area contributed by atoms with Crippen molar-refractivity contribution in [2.75, 3.05) is 20.3 Å². The lowest BCUT2D eigenvalue weighted by Gasteiger charge is -2.27. The van der Waals surface area contributed by atoms with Gasteiger partial charge in [-0.15, -0.1) is 5.10 Å². The molecule has 1 amide bonds. The van der Waals surface area contributed by atoms with Crippen LogP contribution in [0, 0.1) is 12.7 Å². The fourth-order valence-electron chi connectivity index (χ4n) is 3.91. The van der Waals surface area contributed by atoms with E-state index in [0.717, 1.165) is 5.56 Å². The summed E-state index contributed by atoms with van der Waals surface area (Å²) < 4.78 is 20.8. The van der Waals surface area contributed by atoms with E-state index in [4.69, 9.17) is 16.3 Å². The molecule has 8 nitrogen and oxygen atoms in total. The Morgan fingerprint density at radius 1 is 1.41 bits per heavy atom. The van der Waals surface area contributed by atoms with E-state index in [1.807, 2.05) is 0 Å². The van der Waals surface area contributed by atoms with E-state index in [9.17, 15) is 19.1 Å². The highest BCUT2D eigenvalue weighted by atomic mass is 35.5. The van der Waals surface area contributed by atoms with Crippen molar-refractivity contribution in [1.82, 2.24) is 20.3 Å². The number of carbonyl (C=O) groups is 1. The predicted octanol–water partition coefficient (Wildman–Crippen LogP) is 2.17. The van der Waals surface area contributed by atoms with E-state index >= 15 is 0 Å². The number of nitrogens with zero attached hydrogens (tertiary/aromatic N) is 3. The van der Waals surface area contributed by atoms with Crippen molar-refractivity contribution < 1.29 is 19.0 Å². The molecule has 0 bridgehead atoms. The number of fused-ring (bicyclic) bond motifs is 1. The maximum Gasteiger partial charge on any atom is 0.278 e. The Morgan fingerprint density at radius 2 is 2.19 bits per heavy atom. The second-order valence-corrected chi connectivity index (χ2v) is 8.16. The zero-order chi connectivity index (χ0) is 23.0. The average Bonchev–Trinajstić information content (AvgIpc) is 2.78. The average molecular weight is 461 g/mol. The lowest BCUT2D eigenvalue weighted by Crippen LogP contribution is -2.40. The molecule has 2 heterocycles. The van der Waals surface area contributed by atoms with Crippen molar-refractivity contribution in [2.24, 2.45) is 0 Å². The fourth-order valence-corrected chi connectivity index (χ4v) is 4.17. The summed E-state index contributed by atoms with van der Waals surface area (Å²) in [5.74, 6) is -1.14. The largest absolute Gasteiger partial charge is 0.388 e. The molecule has 32 heavy (non-hydrogen) atoms. The Balaban J connectivity index is 1.76. The summed E-state index contributed by atoms with van der Waals surface area (Å²) in [4.78, 5) is 24.9. The van der Waals surface area contributed by atoms with Crippen LogP contribution < -0.4 is 10.9 Å². The van der Waals surface area contributed by atoms with Crippen molar-refractivity contribution in [3.05, 3.63) is 67.7 Å². The Labute approximate surface area is 188 Å². The summed E-state index contributed by atoms with van der Waals surface area (Å²) in [6.45, 7) is 2.32. The van der Waals surface area contributed by atoms with Gasteiger partial charge in [0.2, 0.25) is 0 Å². The maximum atomic E-state index is 14.4. The van der Waals surface area contributed by atoms with Crippen molar-refractivity contribution in [2.45, 2.75) is 31.9 Å². The molecule has 0 unspecified atom stereocenters. The molecule has 1 saturated heterocycles. The van der Waals surface area contributed by atoms with Crippen LogP contribution in [0.2, 0.25) is 5.02 Å². The first-order valence-corrected chi connectivity index (χ1v) is 10.5. The van der Waals surface area contributed by atoms with Gasteiger partial charge in [-0.2, -0.15) is 0 Å². The topological polar surface area (TPSA) is 106 Å². The van der Waals surface area contributed by atoms with Crippen LogP contribution >= 0.6 is 11.6 Å². The van der Waals surface area contributed by atoms with Crippen LogP contribution in [-0.2, 0) is 11.2 Å². The number of benzene rings is 2. The van der Waals surface area contributed by atoms with Gasteiger partial charge in [0.15, 0.2) is 0 Å². The number of hydrogen-bond acceptors (Lipinski definition) is 6. The third kappa shape index (κ3) is 3.99. The van der Waals surface area contributed by atoms with Crippen LogP contribution in [0.3, 0.4) is 0 Å².